The molecule has 2 aliphatic rings. The predicted octanol–water partition coefficient (Wildman–Crippen LogP) is 4.48. The van der Waals surface area contributed by atoms with E-state index in [1.807, 2.05) is 31.2 Å². The maximum atomic E-state index is 12.8. The topological polar surface area (TPSA) is 26.3 Å². The van der Waals surface area contributed by atoms with E-state index < -0.39 is 5.60 Å². The summed E-state index contributed by atoms with van der Waals surface area (Å²) in [6, 6.07) is 7.89. The molecule has 0 bridgehead atoms. The Morgan fingerprint density at radius 2 is 1.74 bits per heavy atom. The fourth-order valence-corrected chi connectivity index (χ4v) is 3.45. The molecule has 0 aromatic heterocycles. The third-order valence-corrected chi connectivity index (χ3v) is 4.66. The molecule has 1 heterocycles. The quantitative estimate of drug-likeness (QED) is 0.762. The van der Waals surface area contributed by atoms with Crippen LogP contribution in [0.4, 0.5) is 0 Å². The number of rotatable bonds is 1. The molecule has 1 aromatic carbocycles. The van der Waals surface area contributed by atoms with Gasteiger partial charge in [-0.15, -0.1) is 0 Å². The van der Waals surface area contributed by atoms with Gasteiger partial charge in [-0.3, -0.25) is 4.79 Å². The first-order valence-corrected chi connectivity index (χ1v) is 7.62. The SMILES string of the molecule is CC1=C(c2ccc(Br)cc2)C(=O)C2(CCCCC2)O1. The lowest BCUT2D eigenvalue weighted by atomic mass is 9.79. The van der Waals surface area contributed by atoms with Crippen LogP contribution in [-0.2, 0) is 9.53 Å². The van der Waals surface area contributed by atoms with E-state index in [-0.39, 0.29) is 5.78 Å². The number of hydrogen-bond donors (Lipinski definition) is 0. The summed E-state index contributed by atoms with van der Waals surface area (Å²) < 4.78 is 7.04. The fourth-order valence-electron chi connectivity index (χ4n) is 3.18. The van der Waals surface area contributed by atoms with Gasteiger partial charge in [-0.25, -0.2) is 0 Å². The predicted molar refractivity (Wildman–Crippen MR) is 78.6 cm³/mol. The van der Waals surface area contributed by atoms with Crippen molar-refractivity contribution in [1.82, 2.24) is 0 Å². The number of carbonyl (C=O) groups excluding carboxylic acids is 1. The lowest BCUT2D eigenvalue weighted by Gasteiger charge is -2.31. The standard InChI is InChI=1S/C16H17BrO2/c1-11-14(12-5-7-13(17)8-6-12)15(18)16(19-11)9-3-2-4-10-16/h5-8H,2-4,9-10H2,1H3. The third kappa shape index (κ3) is 2.14. The van der Waals surface area contributed by atoms with Crippen molar-refractivity contribution in [2.24, 2.45) is 0 Å². The molecule has 1 aliphatic heterocycles. The maximum Gasteiger partial charge on any atom is 0.210 e. The Kier molecular flexibility index (Phi) is 3.25. The van der Waals surface area contributed by atoms with Crippen molar-refractivity contribution < 1.29 is 9.53 Å². The van der Waals surface area contributed by atoms with E-state index in [0.29, 0.717) is 0 Å². The second-order valence-electron chi connectivity index (χ2n) is 5.42. The van der Waals surface area contributed by atoms with Gasteiger partial charge in [0.05, 0.1) is 5.57 Å². The van der Waals surface area contributed by atoms with Crippen molar-refractivity contribution in [3.8, 4) is 0 Å². The minimum absolute atomic E-state index is 0.187. The molecular formula is C16H17BrO2. The molecule has 2 nitrogen and oxygen atoms in total. The Labute approximate surface area is 122 Å². The van der Waals surface area contributed by atoms with Crippen molar-refractivity contribution in [3.63, 3.8) is 0 Å². The molecule has 0 amide bonds. The average Bonchev–Trinajstić information content (AvgIpc) is 2.64. The largest absolute Gasteiger partial charge is 0.483 e. The number of benzene rings is 1. The minimum atomic E-state index is -0.551. The molecule has 0 atom stereocenters. The molecule has 1 aliphatic carbocycles. The zero-order chi connectivity index (χ0) is 13.5. The number of ketones is 1. The summed E-state index contributed by atoms with van der Waals surface area (Å²) in [6.07, 6.45) is 5.12. The Balaban J connectivity index is 1.96. The van der Waals surface area contributed by atoms with Crippen LogP contribution in [0, 0.1) is 0 Å². The summed E-state index contributed by atoms with van der Waals surface area (Å²) in [5.74, 6) is 0.973. The van der Waals surface area contributed by atoms with Gasteiger partial charge < -0.3 is 4.74 Å². The Morgan fingerprint density at radius 1 is 1.11 bits per heavy atom. The van der Waals surface area contributed by atoms with Gasteiger partial charge in [0.25, 0.3) is 0 Å². The number of Topliss-reactive ketones (excluding diaryl/α,β-unsaturated/α-hetero) is 1. The van der Waals surface area contributed by atoms with Crippen LogP contribution >= 0.6 is 15.9 Å². The summed E-state index contributed by atoms with van der Waals surface area (Å²) in [4.78, 5) is 12.8. The number of hydrogen-bond acceptors (Lipinski definition) is 2. The molecule has 1 spiro atoms. The van der Waals surface area contributed by atoms with Gasteiger partial charge in [0, 0.05) is 4.47 Å². The Hall–Kier alpha value is -1.09. The summed E-state index contributed by atoms with van der Waals surface area (Å²) >= 11 is 3.42. The van der Waals surface area contributed by atoms with E-state index in [9.17, 15) is 4.79 Å². The van der Waals surface area contributed by atoms with Crippen molar-refractivity contribution >= 4 is 27.3 Å². The Morgan fingerprint density at radius 3 is 2.37 bits per heavy atom. The summed E-state index contributed by atoms with van der Waals surface area (Å²) in [6.45, 7) is 1.92. The smallest absolute Gasteiger partial charge is 0.210 e. The van der Waals surface area contributed by atoms with Crippen molar-refractivity contribution in [2.45, 2.75) is 44.6 Å². The highest BCUT2D eigenvalue weighted by atomic mass is 79.9. The van der Waals surface area contributed by atoms with Gasteiger partial charge in [0.1, 0.15) is 5.76 Å². The van der Waals surface area contributed by atoms with Crippen LogP contribution in [0.3, 0.4) is 0 Å². The first-order chi connectivity index (χ1) is 9.12. The number of ether oxygens (including phenoxy) is 1. The maximum absolute atomic E-state index is 12.8. The van der Waals surface area contributed by atoms with Crippen molar-refractivity contribution in [3.05, 3.63) is 40.1 Å². The van der Waals surface area contributed by atoms with Crippen LogP contribution in [0.5, 0.6) is 0 Å². The van der Waals surface area contributed by atoms with E-state index >= 15 is 0 Å². The molecule has 0 N–H and O–H groups in total. The minimum Gasteiger partial charge on any atom is -0.483 e. The zero-order valence-corrected chi connectivity index (χ0v) is 12.6. The van der Waals surface area contributed by atoms with Gasteiger partial charge in [-0.05, 0) is 50.3 Å². The first kappa shape index (κ1) is 12.9. The third-order valence-electron chi connectivity index (χ3n) is 4.14. The molecular weight excluding hydrogens is 304 g/mol. The first-order valence-electron chi connectivity index (χ1n) is 6.83. The van der Waals surface area contributed by atoms with Gasteiger partial charge in [0.15, 0.2) is 5.60 Å². The molecule has 1 aromatic rings. The molecule has 1 saturated carbocycles. The average molecular weight is 321 g/mol. The fraction of sp³-hybridized carbons (Fsp3) is 0.438. The lowest BCUT2D eigenvalue weighted by molar-refractivity contribution is -0.132. The van der Waals surface area contributed by atoms with Gasteiger partial charge in [0.2, 0.25) is 5.78 Å². The normalized spacial score (nSPS) is 21.9. The molecule has 0 radical (unpaired) electrons. The van der Waals surface area contributed by atoms with E-state index in [4.69, 9.17) is 4.74 Å². The van der Waals surface area contributed by atoms with Crippen LogP contribution in [0.2, 0.25) is 0 Å². The van der Waals surface area contributed by atoms with Crippen LogP contribution in [0.15, 0.2) is 34.5 Å². The van der Waals surface area contributed by atoms with Crippen molar-refractivity contribution in [1.29, 1.82) is 0 Å². The van der Waals surface area contributed by atoms with E-state index in [2.05, 4.69) is 15.9 Å². The monoisotopic (exact) mass is 320 g/mol. The van der Waals surface area contributed by atoms with E-state index in [0.717, 1.165) is 47.1 Å². The highest BCUT2D eigenvalue weighted by Crippen LogP contribution is 2.44. The second-order valence-corrected chi connectivity index (χ2v) is 6.34. The number of carbonyl (C=O) groups is 1. The van der Waals surface area contributed by atoms with Crippen LogP contribution in [0.1, 0.15) is 44.6 Å². The molecule has 3 rings (SSSR count). The number of halogens is 1. The van der Waals surface area contributed by atoms with Crippen molar-refractivity contribution in [2.75, 3.05) is 0 Å². The summed E-state index contributed by atoms with van der Waals surface area (Å²) in [7, 11) is 0. The highest BCUT2D eigenvalue weighted by molar-refractivity contribution is 9.10. The van der Waals surface area contributed by atoms with Gasteiger partial charge in [-0.1, -0.05) is 34.5 Å². The highest BCUT2D eigenvalue weighted by Gasteiger charge is 2.48. The summed E-state index contributed by atoms with van der Waals surface area (Å²) in [5, 5.41) is 0. The molecule has 1 fully saturated rings. The molecule has 19 heavy (non-hydrogen) atoms. The molecule has 0 saturated heterocycles. The summed E-state index contributed by atoms with van der Waals surface area (Å²) in [5.41, 5.74) is 1.19. The zero-order valence-electron chi connectivity index (χ0n) is 11.0. The molecule has 3 heteroatoms. The van der Waals surface area contributed by atoms with E-state index in [1.165, 1.54) is 6.42 Å². The molecule has 100 valence electrons. The van der Waals surface area contributed by atoms with E-state index in [1.54, 1.807) is 0 Å². The van der Waals surface area contributed by atoms with Crippen LogP contribution < -0.4 is 0 Å². The molecule has 0 unspecified atom stereocenters. The lowest BCUT2D eigenvalue weighted by Crippen LogP contribution is -2.39. The van der Waals surface area contributed by atoms with Crippen LogP contribution in [0.25, 0.3) is 5.57 Å². The van der Waals surface area contributed by atoms with Crippen LogP contribution in [-0.4, -0.2) is 11.4 Å². The second kappa shape index (κ2) is 4.78. The Bertz CT molecular complexity index is 536. The van der Waals surface area contributed by atoms with Gasteiger partial charge >= 0.3 is 0 Å². The number of allylic oxidation sites excluding steroid dienone is 1. The van der Waals surface area contributed by atoms with Gasteiger partial charge in [-0.2, -0.15) is 0 Å².